The van der Waals surface area contributed by atoms with E-state index in [4.69, 9.17) is 0 Å². The lowest BCUT2D eigenvalue weighted by atomic mass is 10.1. The zero-order valence-corrected chi connectivity index (χ0v) is 15.1. The van der Waals surface area contributed by atoms with Gasteiger partial charge in [0.25, 0.3) is 15.9 Å². The van der Waals surface area contributed by atoms with Crippen molar-refractivity contribution in [3.63, 3.8) is 0 Å². The van der Waals surface area contributed by atoms with E-state index in [1.54, 1.807) is 24.3 Å². The summed E-state index contributed by atoms with van der Waals surface area (Å²) in [7, 11) is -3.94. The molecule has 1 aromatic heterocycles. The van der Waals surface area contributed by atoms with Crippen molar-refractivity contribution in [1.29, 1.82) is 0 Å². The van der Waals surface area contributed by atoms with Crippen molar-refractivity contribution in [3.05, 3.63) is 58.5 Å². The molecule has 0 spiro atoms. The molecule has 9 heteroatoms. The van der Waals surface area contributed by atoms with E-state index in [2.05, 4.69) is 20.0 Å². The Bertz CT molecular complexity index is 1180. The molecule has 0 radical (unpaired) electrons. The number of para-hydroxylation sites is 1. The molecule has 140 valence electrons. The average Bonchev–Trinajstić information content (AvgIpc) is 3.38. The zero-order chi connectivity index (χ0) is 19.0. The molecule has 4 N–H and O–H groups in total. The number of fused-ring (bicyclic) bond motifs is 1. The summed E-state index contributed by atoms with van der Waals surface area (Å²) in [6.45, 7) is 0.595. The minimum absolute atomic E-state index is 0.0153. The van der Waals surface area contributed by atoms with Crippen molar-refractivity contribution in [2.45, 2.75) is 17.7 Å². The summed E-state index contributed by atoms with van der Waals surface area (Å²) in [6.07, 6.45) is 2.22. The SMILES string of the molecule is O=C(NCC1CC1)c1ccccc1NS(=O)(=O)c1ccc2[nH]c(=O)[nH]c2c1. The topological polar surface area (TPSA) is 124 Å². The Kier molecular flexibility index (Phi) is 4.23. The van der Waals surface area contributed by atoms with E-state index in [9.17, 15) is 18.0 Å². The summed E-state index contributed by atoms with van der Waals surface area (Å²) >= 11 is 0. The number of sulfonamides is 1. The first-order chi connectivity index (χ1) is 12.9. The molecule has 1 saturated carbocycles. The number of hydrogen-bond donors (Lipinski definition) is 4. The summed E-state index contributed by atoms with van der Waals surface area (Å²) in [5.74, 6) is 0.207. The highest BCUT2D eigenvalue weighted by Gasteiger charge is 2.23. The molecule has 1 amide bonds. The van der Waals surface area contributed by atoms with E-state index in [-0.39, 0.29) is 22.1 Å². The summed E-state index contributed by atoms with van der Waals surface area (Å²) in [5, 5.41) is 2.84. The van der Waals surface area contributed by atoms with Gasteiger partial charge in [0.15, 0.2) is 0 Å². The fourth-order valence-electron chi connectivity index (χ4n) is 2.81. The van der Waals surface area contributed by atoms with E-state index in [1.165, 1.54) is 18.2 Å². The molecule has 0 aliphatic heterocycles. The molecule has 1 heterocycles. The molecule has 0 bridgehead atoms. The minimum atomic E-state index is -3.94. The number of imidazole rings is 1. The Hall–Kier alpha value is -3.07. The van der Waals surface area contributed by atoms with Gasteiger partial charge in [-0.15, -0.1) is 0 Å². The Morgan fingerprint density at radius 1 is 1.07 bits per heavy atom. The van der Waals surface area contributed by atoms with Crippen LogP contribution in [0.3, 0.4) is 0 Å². The Morgan fingerprint density at radius 3 is 2.59 bits per heavy atom. The van der Waals surface area contributed by atoms with Crippen LogP contribution in [-0.4, -0.2) is 30.8 Å². The summed E-state index contributed by atoms with van der Waals surface area (Å²) in [5.41, 5.74) is 0.952. The van der Waals surface area contributed by atoms with E-state index in [0.29, 0.717) is 23.5 Å². The molecule has 1 aliphatic carbocycles. The fourth-order valence-corrected chi connectivity index (χ4v) is 3.91. The van der Waals surface area contributed by atoms with Gasteiger partial charge in [0.1, 0.15) is 0 Å². The molecule has 1 fully saturated rings. The first-order valence-electron chi connectivity index (χ1n) is 8.54. The van der Waals surface area contributed by atoms with Crippen molar-refractivity contribution in [3.8, 4) is 0 Å². The second-order valence-corrected chi connectivity index (χ2v) is 8.27. The molecule has 8 nitrogen and oxygen atoms in total. The Balaban J connectivity index is 1.61. The van der Waals surface area contributed by atoms with Crippen molar-refractivity contribution in [2.24, 2.45) is 5.92 Å². The first kappa shape index (κ1) is 17.3. The van der Waals surface area contributed by atoms with Crippen molar-refractivity contribution >= 4 is 32.7 Å². The quantitative estimate of drug-likeness (QED) is 0.516. The number of H-pyrrole nitrogens is 2. The van der Waals surface area contributed by atoms with Crippen LogP contribution in [0.5, 0.6) is 0 Å². The maximum absolute atomic E-state index is 12.8. The number of rotatable bonds is 6. The monoisotopic (exact) mass is 386 g/mol. The van der Waals surface area contributed by atoms with Gasteiger partial charge in [0.2, 0.25) is 0 Å². The highest BCUT2D eigenvalue weighted by molar-refractivity contribution is 7.92. The molecule has 0 atom stereocenters. The molecule has 4 rings (SSSR count). The third-order valence-corrected chi connectivity index (χ3v) is 5.83. The largest absolute Gasteiger partial charge is 0.352 e. The van der Waals surface area contributed by atoms with E-state index in [0.717, 1.165) is 12.8 Å². The van der Waals surface area contributed by atoms with Gasteiger partial charge in [-0.2, -0.15) is 0 Å². The highest BCUT2D eigenvalue weighted by atomic mass is 32.2. The van der Waals surface area contributed by atoms with Crippen LogP contribution in [0.4, 0.5) is 5.69 Å². The molecular weight excluding hydrogens is 368 g/mol. The number of benzene rings is 2. The molecule has 1 aliphatic rings. The number of amides is 1. The minimum Gasteiger partial charge on any atom is -0.352 e. The van der Waals surface area contributed by atoms with E-state index in [1.807, 2.05) is 0 Å². The number of aromatic amines is 2. The average molecular weight is 386 g/mol. The molecule has 27 heavy (non-hydrogen) atoms. The predicted molar refractivity (Wildman–Crippen MR) is 101 cm³/mol. The smallest absolute Gasteiger partial charge is 0.323 e. The van der Waals surface area contributed by atoms with Gasteiger partial charge < -0.3 is 15.3 Å². The number of nitrogens with one attached hydrogen (secondary N) is 4. The lowest BCUT2D eigenvalue weighted by molar-refractivity contribution is 0.0952. The number of carbonyl (C=O) groups excluding carboxylic acids is 1. The molecule has 2 aromatic carbocycles. The summed E-state index contributed by atoms with van der Waals surface area (Å²) in [4.78, 5) is 28.8. The molecule has 0 saturated heterocycles. The van der Waals surface area contributed by atoms with E-state index >= 15 is 0 Å². The maximum atomic E-state index is 12.8. The molecule has 3 aromatic rings. The van der Waals surface area contributed by atoms with E-state index < -0.39 is 15.7 Å². The van der Waals surface area contributed by atoms with Gasteiger partial charge in [0.05, 0.1) is 27.2 Å². The molecular formula is C18H18N4O4S. The number of aromatic nitrogens is 2. The zero-order valence-electron chi connectivity index (χ0n) is 14.3. The van der Waals surface area contributed by atoms with Crippen LogP contribution in [-0.2, 0) is 10.0 Å². The van der Waals surface area contributed by atoms with Crippen LogP contribution in [0.1, 0.15) is 23.2 Å². The summed E-state index contributed by atoms with van der Waals surface area (Å²) in [6, 6.07) is 10.7. The Labute approximate surface area is 155 Å². The maximum Gasteiger partial charge on any atom is 0.323 e. The van der Waals surface area contributed by atoms with Gasteiger partial charge >= 0.3 is 5.69 Å². The number of hydrogen-bond acceptors (Lipinski definition) is 4. The lowest BCUT2D eigenvalue weighted by Gasteiger charge is -2.13. The fraction of sp³-hybridized carbons (Fsp3) is 0.222. The second kappa shape index (κ2) is 6.58. The Morgan fingerprint density at radius 2 is 1.81 bits per heavy atom. The number of carbonyl (C=O) groups is 1. The predicted octanol–water partition coefficient (Wildman–Crippen LogP) is 1.80. The summed E-state index contributed by atoms with van der Waals surface area (Å²) < 4.78 is 28.0. The number of anilines is 1. The van der Waals surface area contributed by atoms with Crippen molar-refractivity contribution in [1.82, 2.24) is 15.3 Å². The molecule has 0 unspecified atom stereocenters. The normalized spacial score (nSPS) is 14.2. The van der Waals surface area contributed by atoms with Crippen molar-refractivity contribution in [2.75, 3.05) is 11.3 Å². The third-order valence-electron chi connectivity index (χ3n) is 4.46. The van der Waals surface area contributed by atoms with Crippen LogP contribution in [0, 0.1) is 5.92 Å². The van der Waals surface area contributed by atoms with Crippen LogP contribution in [0.25, 0.3) is 11.0 Å². The van der Waals surface area contributed by atoms with Crippen molar-refractivity contribution < 1.29 is 13.2 Å². The van der Waals surface area contributed by atoms with Crippen LogP contribution in [0.2, 0.25) is 0 Å². The third kappa shape index (κ3) is 3.72. The van der Waals surface area contributed by atoms with Gasteiger partial charge in [-0.05, 0) is 49.1 Å². The van der Waals surface area contributed by atoms with Gasteiger partial charge in [-0.3, -0.25) is 9.52 Å². The first-order valence-corrected chi connectivity index (χ1v) is 10.0. The second-order valence-electron chi connectivity index (χ2n) is 6.59. The van der Waals surface area contributed by atoms with Crippen LogP contribution < -0.4 is 15.7 Å². The standard InChI is InChI=1S/C18H18N4O4S/c23-17(19-10-11-5-6-11)13-3-1-2-4-14(13)22-27(25,26)12-7-8-15-16(9-12)21-18(24)20-15/h1-4,7-9,11,22H,5-6,10H2,(H,19,23)(H2,20,21,24). The van der Waals surface area contributed by atoms with Gasteiger partial charge in [-0.25, -0.2) is 13.2 Å². The van der Waals surface area contributed by atoms with Gasteiger partial charge in [-0.1, -0.05) is 12.1 Å². The lowest BCUT2D eigenvalue weighted by Crippen LogP contribution is -2.27. The highest BCUT2D eigenvalue weighted by Crippen LogP contribution is 2.28. The van der Waals surface area contributed by atoms with Crippen LogP contribution in [0.15, 0.2) is 52.2 Å². The van der Waals surface area contributed by atoms with Crippen LogP contribution >= 0.6 is 0 Å². The van der Waals surface area contributed by atoms with Gasteiger partial charge in [0, 0.05) is 6.54 Å².